The van der Waals surface area contributed by atoms with Crippen molar-refractivity contribution in [3.05, 3.63) is 65.1 Å². The van der Waals surface area contributed by atoms with Gasteiger partial charge >= 0.3 is 0 Å². The van der Waals surface area contributed by atoms with Crippen LogP contribution in [0, 0.1) is 18.3 Å². The third-order valence-electron chi connectivity index (χ3n) is 4.69. The van der Waals surface area contributed by atoms with Crippen molar-refractivity contribution in [1.29, 1.82) is 5.26 Å². The number of fused-ring (bicyclic) bond motifs is 1. The molecule has 3 aromatic rings. The number of nitrogens with zero attached hydrogens (tertiary/aromatic N) is 5. The van der Waals surface area contributed by atoms with Gasteiger partial charge in [0.2, 0.25) is 5.88 Å². The lowest BCUT2D eigenvalue weighted by Gasteiger charge is -2.20. The quantitative estimate of drug-likeness (QED) is 0.710. The minimum atomic E-state index is 0.340. The maximum atomic E-state index is 8.98. The second-order valence-electron chi connectivity index (χ2n) is 6.61. The van der Waals surface area contributed by atoms with Gasteiger partial charge in [-0.2, -0.15) is 5.26 Å². The number of aromatic nitrogens is 4. The van der Waals surface area contributed by atoms with Crippen LogP contribution in [0.4, 0.5) is 0 Å². The van der Waals surface area contributed by atoms with Gasteiger partial charge in [-0.3, -0.25) is 0 Å². The van der Waals surface area contributed by atoms with Gasteiger partial charge in [0.15, 0.2) is 0 Å². The molecule has 0 bridgehead atoms. The third kappa shape index (κ3) is 3.77. The lowest BCUT2D eigenvalue weighted by Crippen LogP contribution is -2.09. The van der Waals surface area contributed by atoms with Crippen LogP contribution in [0.15, 0.2) is 36.8 Å². The lowest BCUT2D eigenvalue weighted by molar-refractivity contribution is 0.292. The predicted octanol–water partition coefficient (Wildman–Crippen LogP) is 3.57. The normalized spacial score (nSPS) is 12.9. The summed E-state index contributed by atoms with van der Waals surface area (Å²) in [5.74, 6) is 1.34. The van der Waals surface area contributed by atoms with Gasteiger partial charge in [-0.25, -0.2) is 19.9 Å². The van der Waals surface area contributed by atoms with E-state index in [1.807, 2.05) is 37.5 Å². The van der Waals surface area contributed by atoms with Gasteiger partial charge in [0.05, 0.1) is 0 Å². The summed E-state index contributed by atoms with van der Waals surface area (Å²) in [5.41, 5.74) is 5.73. The van der Waals surface area contributed by atoms with Crippen LogP contribution in [-0.2, 0) is 19.4 Å². The van der Waals surface area contributed by atoms with E-state index in [1.165, 1.54) is 12.0 Å². The molecular formula is C21H19N5O. The average Bonchev–Trinajstić information content (AvgIpc) is 2.72. The van der Waals surface area contributed by atoms with E-state index in [4.69, 9.17) is 15.0 Å². The highest BCUT2D eigenvalue weighted by Crippen LogP contribution is 2.33. The van der Waals surface area contributed by atoms with Crippen LogP contribution < -0.4 is 4.74 Å². The Hall–Kier alpha value is -3.33. The minimum Gasteiger partial charge on any atom is -0.473 e. The first-order chi connectivity index (χ1) is 13.2. The molecule has 0 amide bonds. The fraction of sp³-hybridized carbons (Fsp3) is 0.286. The molecule has 3 aromatic heterocycles. The van der Waals surface area contributed by atoms with Gasteiger partial charge in [-0.05, 0) is 61.4 Å². The van der Waals surface area contributed by atoms with E-state index >= 15 is 0 Å². The highest BCUT2D eigenvalue weighted by molar-refractivity contribution is 5.68. The van der Waals surface area contributed by atoms with Crippen LogP contribution in [0.5, 0.6) is 5.88 Å². The molecule has 4 rings (SSSR count). The molecular weight excluding hydrogens is 338 g/mol. The summed E-state index contributed by atoms with van der Waals surface area (Å²) in [5, 5.41) is 8.98. The predicted molar refractivity (Wildman–Crippen MR) is 99.9 cm³/mol. The van der Waals surface area contributed by atoms with E-state index in [0.717, 1.165) is 47.5 Å². The molecule has 0 spiro atoms. The van der Waals surface area contributed by atoms with E-state index in [1.54, 1.807) is 12.3 Å². The van der Waals surface area contributed by atoms with Crippen LogP contribution in [0.3, 0.4) is 0 Å². The van der Waals surface area contributed by atoms with Crippen molar-refractivity contribution in [3.8, 4) is 23.1 Å². The van der Waals surface area contributed by atoms with Crippen molar-refractivity contribution < 1.29 is 4.74 Å². The fourth-order valence-corrected chi connectivity index (χ4v) is 3.32. The summed E-state index contributed by atoms with van der Waals surface area (Å²) >= 11 is 0. The molecule has 27 heavy (non-hydrogen) atoms. The topological polar surface area (TPSA) is 84.6 Å². The highest BCUT2D eigenvalue weighted by atomic mass is 16.5. The average molecular weight is 357 g/mol. The number of hydrogen-bond acceptors (Lipinski definition) is 6. The summed E-state index contributed by atoms with van der Waals surface area (Å²) in [6.45, 7) is 2.22. The lowest BCUT2D eigenvalue weighted by atomic mass is 9.90. The zero-order chi connectivity index (χ0) is 18.6. The van der Waals surface area contributed by atoms with Crippen LogP contribution in [-0.4, -0.2) is 19.9 Å². The van der Waals surface area contributed by atoms with Crippen molar-refractivity contribution in [3.63, 3.8) is 0 Å². The molecule has 3 heterocycles. The van der Waals surface area contributed by atoms with Crippen molar-refractivity contribution in [2.75, 3.05) is 0 Å². The van der Waals surface area contributed by atoms with E-state index in [-0.39, 0.29) is 0 Å². The molecule has 1 aliphatic carbocycles. The SMILES string of the molecule is Cc1ncc(-c2cc(OCc3ccnc(C#N)c3)nc3c2CCCC3)cn1. The van der Waals surface area contributed by atoms with Crippen LogP contribution in [0.25, 0.3) is 11.1 Å². The van der Waals surface area contributed by atoms with Crippen molar-refractivity contribution in [2.45, 2.75) is 39.2 Å². The first kappa shape index (κ1) is 17.1. The fourth-order valence-electron chi connectivity index (χ4n) is 3.32. The molecule has 0 N–H and O–H groups in total. The summed E-state index contributed by atoms with van der Waals surface area (Å²) in [4.78, 5) is 17.4. The molecule has 0 atom stereocenters. The van der Waals surface area contributed by atoms with Crippen molar-refractivity contribution >= 4 is 0 Å². The first-order valence-electron chi connectivity index (χ1n) is 9.02. The van der Waals surface area contributed by atoms with Gasteiger partial charge in [0.1, 0.15) is 24.2 Å². The Morgan fingerprint density at radius 3 is 2.74 bits per heavy atom. The van der Waals surface area contributed by atoms with E-state index in [0.29, 0.717) is 18.2 Å². The standard InChI is InChI=1S/C21H19N5O/c1-14-24-11-16(12-25-14)19-9-21(26-20-5-3-2-4-18(19)20)27-13-15-6-7-23-17(8-15)10-22/h6-9,11-12H,2-5,13H2,1H3. The van der Waals surface area contributed by atoms with Gasteiger partial charge < -0.3 is 4.74 Å². The number of pyridine rings is 2. The van der Waals surface area contributed by atoms with Gasteiger partial charge in [-0.15, -0.1) is 0 Å². The van der Waals surface area contributed by atoms with Gasteiger partial charge in [0.25, 0.3) is 0 Å². The van der Waals surface area contributed by atoms with Crippen molar-refractivity contribution in [1.82, 2.24) is 19.9 Å². The molecule has 134 valence electrons. The van der Waals surface area contributed by atoms with Crippen LogP contribution >= 0.6 is 0 Å². The maximum Gasteiger partial charge on any atom is 0.214 e. The molecule has 0 saturated carbocycles. The third-order valence-corrected chi connectivity index (χ3v) is 4.69. The Bertz CT molecular complexity index is 1010. The molecule has 0 fully saturated rings. The zero-order valence-electron chi connectivity index (χ0n) is 15.1. The monoisotopic (exact) mass is 357 g/mol. The number of hydrogen-bond donors (Lipinski definition) is 0. The minimum absolute atomic E-state index is 0.340. The molecule has 0 saturated heterocycles. The maximum absolute atomic E-state index is 8.98. The summed E-state index contributed by atoms with van der Waals surface area (Å²) in [6, 6.07) is 7.59. The molecule has 1 aliphatic rings. The molecule has 0 aromatic carbocycles. The summed E-state index contributed by atoms with van der Waals surface area (Å²) in [7, 11) is 0. The molecule has 6 heteroatoms. The van der Waals surface area contributed by atoms with E-state index < -0.39 is 0 Å². The Morgan fingerprint density at radius 2 is 1.93 bits per heavy atom. The van der Waals surface area contributed by atoms with E-state index in [9.17, 15) is 0 Å². The molecule has 6 nitrogen and oxygen atoms in total. The molecule has 0 radical (unpaired) electrons. The van der Waals surface area contributed by atoms with Gasteiger partial charge in [-0.1, -0.05) is 0 Å². The number of aryl methyl sites for hydroxylation is 2. The smallest absolute Gasteiger partial charge is 0.214 e. The summed E-state index contributed by atoms with van der Waals surface area (Å²) in [6.07, 6.45) is 9.62. The Morgan fingerprint density at radius 1 is 1.11 bits per heavy atom. The van der Waals surface area contributed by atoms with E-state index in [2.05, 4.69) is 15.0 Å². The van der Waals surface area contributed by atoms with Crippen LogP contribution in [0.2, 0.25) is 0 Å². The molecule has 0 aliphatic heterocycles. The summed E-state index contributed by atoms with van der Waals surface area (Å²) < 4.78 is 5.95. The second-order valence-corrected chi connectivity index (χ2v) is 6.61. The number of rotatable bonds is 4. The molecule has 0 unspecified atom stereocenters. The Labute approximate surface area is 157 Å². The second kappa shape index (κ2) is 7.50. The Balaban J connectivity index is 1.66. The first-order valence-corrected chi connectivity index (χ1v) is 9.02. The Kier molecular flexibility index (Phi) is 4.75. The zero-order valence-corrected chi connectivity index (χ0v) is 15.1. The van der Waals surface area contributed by atoms with Gasteiger partial charge in [0, 0.05) is 35.9 Å². The van der Waals surface area contributed by atoms with Crippen molar-refractivity contribution in [2.24, 2.45) is 0 Å². The highest BCUT2D eigenvalue weighted by Gasteiger charge is 2.18. The van der Waals surface area contributed by atoms with Crippen LogP contribution in [0.1, 0.15) is 41.2 Å². The largest absolute Gasteiger partial charge is 0.473 e. The number of ether oxygens (including phenoxy) is 1. The number of nitriles is 1.